The predicted octanol–water partition coefficient (Wildman–Crippen LogP) is 4.10. The zero-order valence-electron chi connectivity index (χ0n) is 11.7. The van der Waals surface area contributed by atoms with Crippen LogP contribution in [0.15, 0.2) is 48.7 Å². The van der Waals surface area contributed by atoms with E-state index >= 15 is 0 Å². The van der Waals surface area contributed by atoms with Crippen molar-refractivity contribution in [1.82, 2.24) is 9.97 Å². The van der Waals surface area contributed by atoms with Gasteiger partial charge in [0.15, 0.2) is 0 Å². The van der Waals surface area contributed by atoms with Gasteiger partial charge in [-0.05, 0) is 42.3 Å². The normalized spacial score (nSPS) is 10.6. The number of nitro groups is 1. The highest BCUT2D eigenvalue weighted by Crippen LogP contribution is 2.32. The molecule has 0 bridgehead atoms. The quantitative estimate of drug-likeness (QED) is 0.584. The number of nitro benzene ring substituents is 1. The summed E-state index contributed by atoms with van der Waals surface area (Å²) >= 11 is 0. The number of aromatic amines is 1. The minimum atomic E-state index is -0.428. The second kappa shape index (κ2) is 5.40. The van der Waals surface area contributed by atoms with Crippen LogP contribution in [0.2, 0.25) is 0 Å². The van der Waals surface area contributed by atoms with Crippen LogP contribution in [0.5, 0.6) is 0 Å². The molecule has 2 aromatic carbocycles. The molecule has 0 aliphatic rings. The SMILES string of the molecule is Cc1cccc([N+](=O)[O-])c1-c1ncc(-c2ccc(F)cc2)[nH]1. The van der Waals surface area contributed by atoms with Gasteiger partial charge in [-0.3, -0.25) is 10.1 Å². The number of nitrogens with zero attached hydrogens (tertiary/aromatic N) is 2. The standard InChI is InChI=1S/C16H12FN3O2/c1-10-3-2-4-14(20(21)22)15(10)16-18-9-13(19-16)11-5-7-12(17)8-6-11/h2-9H,1H3,(H,18,19). The zero-order chi connectivity index (χ0) is 15.7. The van der Waals surface area contributed by atoms with Gasteiger partial charge in [0.1, 0.15) is 11.6 Å². The number of hydrogen-bond donors (Lipinski definition) is 1. The van der Waals surface area contributed by atoms with E-state index in [9.17, 15) is 14.5 Å². The van der Waals surface area contributed by atoms with Crippen LogP contribution in [0.25, 0.3) is 22.6 Å². The molecule has 22 heavy (non-hydrogen) atoms. The third-order valence-corrected chi connectivity index (χ3v) is 3.42. The Bertz CT molecular complexity index is 841. The molecule has 0 fully saturated rings. The molecule has 0 radical (unpaired) electrons. The topological polar surface area (TPSA) is 71.8 Å². The fourth-order valence-corrected chi connectivity index (χ4v) is 2.34. The first-order chi connectivity index (χ1) is 10.6. The van der Waals surface area contributed by atoms with Gasteiger partial charge in [-0.2, -0.15) is 0 Å². The minimum absolute atomic E-state index is 0.00000567. The van der Waals surface area contributed by atoms with Crippen molar-refractivity contribution in [3.8, 4) is 22.6 Å². The van der Waals surface area contributed by atoms with Gasteiger partial charge in [0.2, 0.25) is 0 Å². The Balaban J connectivity index is 2.08. The third kappa shape index (κ3) is 2.46. The molecule has 0 unspecified atom stereocenters. The first-order valence-electron chi connectivity index (χ1n) is 6.61. The zero-order valence-corrected chi connectivity index (χ0v) is 11.7. The minimum Gasteiger partial charge on any atom is -0.338 e. The van der Waals surface area contributed by atoms with Gasteiger partial charge in [-0.1, -0.05) is 12.1 Å². The molecule has 110 valence electrons. The molecule has 3 rings (SSSR count). The number of aromatic nitrogens is 2. The van der Waals surface area contributed by atoms with Crippen molar-refractivity contribution < 1.29 is 9.31 Å². The molecule has 3 aromatic rings. The third-order valence-electron chi connectivity index (χ3n) is 3.42. The molecule has 0 saturated heterocycles. The Morgan fingerprint density at radius 3 is 2.59 bits per heavy atom. The van der Waals surface area contributed by atoms with Crippen LogP contribution in [0.4, 0.5) is 10.1 Å². The van der Waals surface area contributed by atoms with E-state index in [1.807, 2.05) is 0 Å². The van der Waals surface area contributed by atoms with E-state index in [2.05, 4.69) is 9.97 Å². The van der Waals surface area contributed by atoms with Crippen molar-refractivity contribution in [2.24, 2.45) is 0 Å². The molecule has 0 atom stereocenters. The summed E-state index contributed by atoms with van der Waals surface area (Å²) in [5.74, 6) is 0.0992. The van der Waals surface area contributed by atoms with Crippen LogP contribution >= 0.6 is 0 Å². The average Bonchev–Trinajstić information content (AvgIpc) is 2.97. The number of hydrogen-bond acceptors (Lipinski definition) is 3. The number of H-pyrrole nitrogens is 1. The van der Waals surface area contributed by atoms with Crippen LogP contribution in [-0.4, -0.2) is 14.9 Å². The summed E-state index contributed by atoms with van der Waals surface area (Å²) in [5.41, 5.74) is 2.65. The average molecular weight is 297 g/mol. The molecular weight excluding hydrogens is 285 g/mol. The lowest BCUT2D eigenvalue weighted by Gasteiger charge is -2.03. The van der Waals surface area contributed by atoms with Crippen molar-refractivity contribution in [2.75, 3.05) is 0 Å². The van der Waals surface area contributed by atoms with Gasteiger partial charge < -0.3 is 4.98 Å². The smallest absolute Gasteiger partial charge is 0.280 e. The summed E-state index contributed by atoms with van der Waals surface area (Å²) in [7, 11) is 0. The molecule has 0 saturated carbocycles. The summed E-state index contributed by atoms with van der Waals surface area (Å²) in [6.07, 6.45) is 1.58. The van der Waals surface area contributed by atoms with Crippen LogP contribution < -0.4 is 0 Å². The van der Waals surface area contributed by atoms with Crippen molar-refractivity contribution in [2.45, 2.75) is 6.92 Å². The van der Waals surface area contributed by atoms with E-state index in [1.165, 1.54) is 18.2 Å². The Labute approximate surface area is 125 Å². The lowest BCUT2D eigenvalue weighted by molar-refractivity contribution is -0.384. The number of aryl methyl sites for hydroxylation is 1. The van der Waals surface area contributed by atoms with Gasteiger partial charge in [0, 0.05) is 6.07 Å². The number of imidazole rings is 1. The number of rotatable bonds is 3. The Hall–Kier alpha value is -3.02. The molecule has 0 aliphatic carbocycles. The van der Waals surface area contributed by atoms with E-state index < -0.39 is 4.92 Å². The predicted molar refractivity (Wildman–Crippen MR) is 80.8 cm³/mol. The summed E-state index contributed by atoms with van der Waals surface area (Å²) in [6, 6.07) is 10.8. The van der Waals surface area contributed by atoms with Crippen LogP contribution in [-0.2, 0) is 0 Å². The lowest BCUT2D eigenvalue weighted by Crippen LogP contribution is -1.95. The van der Waals surface area contributed by atoms with Crippen LogP contribution in [0, 0.1) is 22.9 Å². The Kier molecular flexibility index (Phi) is 3.42. The van der Waals surface area contributed by atoms with E-state index in [4.69, 9.17) is 0 Å². The van der Waals surface area contributed by atoms with E-state index in [1.54, 1.807) is 37.4 Å². The van der Waals surface area contributed by atoms with Gasteiger partial charge in [-0.25, -0.2) is 9.37 Å². The monoisotopic (exact) mass is 297 g/mol. The van der Waals surface area contributed by atoms with Crippen LogP contribution in [0.1, 0.15) is 5.56 Å². The molecule has 1 heterocycles. The molecule has 0 spiro atoms. The largest absolute Gasteiger partial charge is 0.338 e. The highest BCUT2D eigenvalue weighted by Gasteiger charge is 2.19. The van der Waals surface area contributed by atoms with Gasteiger partial charge in [0.05, 0.1) is 22.4 Å². The maximum absolute atomic E-state index is 13.0. The molecule has 1 aromatic heterocycles. The Morgan fingerprint density at radius 2 is 1.91 bits per heavy atom. The summed E-state index contributed by atoms with van der Waals surface area (Å²) < 4.78 is 13.0. The highest BCUT2D eigenvalue weighted by atomic mass is 19.1. The van der Waals surface area contributed by atoms with E-state index in [0.29, 0.717) is 17.1 Å². The molecule has 6 heteroatoms. The van der Waals surface area contributed by atoms with Crippen molar-refractivity contribution in [1.29, 1.82) is 0 Å². The van der Waals surface area contributed by atoms with E-state index in [-0.39, 0.29) is 11.5 Å². The molecule has 0 aliphatic heterocycles. The molecule has 5 nitrogen and oxygen atoms in total. The highest BCUT2D eigenvalue weighted by molar-refractivity contribution is 5.74. The lowest BCUT2D eigenvalue weighted by atomic mass is 10.1. The summed E-state index contributed by atoms with van der Waals surface area (Å²) in [5, 5.41) is 11.2. The molecular formula is C16H12FN3O2. The van der Waals surface area contributed by atoms with E-state index in [0.717, 1.165) is 11.1 Å². The maximum Gasteiger partial charge on any atom is 0.280 e. The fourth-order valence-electron chi connectivity index (χ4n) is 2.34. The van der Waals surface area contributed by atoms with Gasteiger partial charge in [-0.15, -0.1) is 0 Å². The first kappa shape index (κ1) is 13.9. The second-order valence-corrected chi connectivity index (χ2v) is 4.88. The number of nitrogens with one attached hydrogen (secondary N) is 1. The van der Waals surface area contributed by atoms with Gasteiger partial charge >= 0.3 is 0 Å². The first-order valence-corrected chi connectivity index (χ1v) is 6.61. The van der Waals surface area contributed by atoms with Crippen molar-refractivity contribution in [3.05, 3.63) is 70.2 Å². The fraction of sp³-hybridized carbons (Fsp3) is 0.0625. The van der Waals surface area contributed by atoms with Crippen LogP contribution in [0.3, 0.4) is 0 Å². The number of halogens is 1. The summed E-state index contributed by atoms with van der Waals surface area (Å²) in [4.78, 5) is 18.1. The van der Waals surface area contributed by atoms with Crippen molar-refractivity contribution >= 4 is 5.69 Å². The molecule has 0 amide bonds. The second-order valence-electron chi connectivity index (χ2n) is 4.88. The molecule has 1 N–H and O–H groups in total. The summed E-state index contributed by atoms with van der Waals surface area (Å²) in [6.45, 7) is 1.79. The van der Waals surface area contributed by atoms with Gasteiger partial charge in [0.25, 0.3) is 5.69 Å². The Morgan fingerprint density at radius 1 is 1.18 bits per heavy atom. The maximum atomic E-state index is 13.0. The van der Waals surface area contributed by atoms with Crippen molar-refractivity contribution in [3.63, 3.8) is 0 Å². The number of benzene rings is 2.